The quantitative estimate of drug-likeness (QED) is 0.0656. The summed E-state index contributed by atoms with van der Waals surface area (Å²) in [5.74, 6) is 2.62. The van der Waals surface area contributed by atoms with Gasteiger partial charge in [0.15, 0.2) is 0 Å². The van der Waals surface area contributed by atoms with E-state index in [0.717, 1.165) is 91.0 Å². The number of hydrogen-bond donors (Lipinski definition) is 3. The molecule has 0 spiro atoms. The number of aliphatic carboxylic acids is 1. The van der Waals surface area contributed by atoms with Gasteiger partial charge in [-0.1, -0.05) is 38.5 Å². The standard InChI is InChI=1S/C29H35BrN2O5.C27H31BrN2O5/c1-4-36-25(33)16-17-32(2)29(34)20-10-12-21(13-11-20)31-27(19-8-6-5-7-9-19)28-26(30)23-18-22(35-3)14-15-24(23)37-28;1-30(15-14-23(31)32)27(33)18-8-10-19(11-9-18)29-25(17-6-4-3-5-7-17)26-24(28)21-16-20(34-2)12-13-22(21)35-26/h10-15,18-19,27,31H,4-9,16-17H2,1-3H3;8-13,16-17,25,29H,3-7,14-15H2,1-2H3,(H,31,32). The summed E-state index contributed by atoms with van der Waals surface area (Å²) in [6, 6.07) is 26.5. The zero-order valence-corrected chi connectivity index (χ0v) is 44.9. The van der Waals surface area contributed by atoms with E-state index in [2.05, 4.69) is 42.5 Å². The van der Waals surface area contributed by atoms with Crippen molar-refractivity contribution in [2.24, 2.45) is 11.8 Å². The van der Waals surface area contributed by atoms with Crippen LogP contribution >= 0.6 is 31.9 Å². The van der Waals surface area contributed by atoms with Gasteiger partial charge in [-0.2, -0.15) is 0 Å². The zero-order chi connectivity index (χ0) is 51.3. The highest BCUT2D eigenvalue weighted by Gasteiger charge is 2.32. The van der Waals surface area contributed by atoms with Crippen LogP contribution in [0.15, 0.2) is 103 Å². The first-order chi connectivity index (χ1) is 34.8. The molecule has 2 heterocycles. The van der Waals surface area contributed by atoms with Gasteiger partial charge in [0.2, 0.25) is 0 Å². The number of ether oxygens (including phenoxy) is 3. The molecule has 0 aliphatic heterocycles. The van der Waals surface area contributed by atoms with E-state index in [1.807, 2.05) is 72.8 Å². The Kier molecular flexibility index (Phi) is 19.1. The third-order valence-corrected chi connectivity index (χ3v) is 15.4. The highest BCUT2D eigenvalue weighted by Crippen LogP contribution is 2.45. The third-order valence-electron chi connectivity index (χ3n) is 13.7. The van der Waals surface area contributed by atoms with Gasteiger partial charge in [-0.15, -0.1) is 0 Å². The monoisotopic (exact) mass is 1110 g/mol. The second-order valence-corrected chi connectivity index (χ2v) is 20.2. The lowest BCUT2D eigenvalue weighted by Gasteiger charge is -2.30. The first-order valence-electron chi connectivity index (χ1n) is 24.9. The number of halogens is 2. The second-order valence-electron chi connectivity index (χ2n) is 18.6. The average molecular weight is 1110 g/mol. The van der Waals surface area contributed by atoms with Gasteiger partial charge in [-0.05, 0) is 161 Å². The summed E-state index contributed by atoms with van der Waals surface area (Å²) in [6.07, 6.45) is 11.9. The van der Waals surface area contributed by atoms with Crippen LogP contribution in [0.25, 0.3) is 21.9 Å². The van der Waals surface area contributed by atoms with E-state index in [-0.39, 0.29) is 49.3 Å². The number of amides is 2. The summed E-state index contributed by atoms with van der Waals surface area (Å²) in [5, 5.41) is 18.2. The zero-order valence-electron chi connectivity index (χ0n) is 41.8. The Morgan fingerprint density at radius 1 is 0.625 bits per heavy atom. The van der Waals surface area contributed by atoms with E-state index in [1.54, 1.807) is 52.3 Å². The van der Waals surface area contributed by atoms with Gasteiger partial charge >= 0.3 is 11.9 Å². The molecule has 3 N–H and O–H groups in total. The number of anilines is 2. The molecule has 72 heavy (non-hydrogen) atoms. The Morgan fingerprint density at radius 2 is 1.03 bits per heavy atom. The molecule has 6 aromatic rings. The van der Waals surface area contributed by atoms with Crippen molar-refractivity contribution < 1.29 is 47.3 Å². The summed E-state index contributed by atoms with van der Waals surface area (Å²) in [5.41, 5.74) is 4.54. The first-order valence-corrected chi connectivity index (χ1v) is 26.5. The van der Waals surface area contributed by atoms with Crippen molar-refractivity contribution >= 4 is 88.9 Å². The molecule has 2 amide bonds. The van der Waals surface area contributed by atoms with E-state index in [1.165, 1.54) is 43.4 Å². The SMILES string of the molecule is CCOC(=O)CCN(C)C(=O)c1ccc(NC(c2oc3ccc(OC)cc3c2Br)C2CCCCC2)cc1.COc1ccc2oc(C(Nc3ccc(C(=O)N(C)CCC(=O)O)cc3)C3CCCCC3)c(Br)c2c1. The Bertz CT molecular complexity index is 2780. The van der Waals surface area contributed by atoms with Crippen molar-refractivity contribution in [2.75, 3.05) is 58.6 Å². The van der Waals surface area contributed by atoms with Crippen LogP contribution in [0, 0.1) is 11.8 Å². The maximum absolute atomic E-state index is 12.8. The van der Waals surface area contributed by atoms with Gasteiger partial charge in [0, 0.05) is 60.5 Å². The first kappa shape index (κ1) is 53.8. The molecule has 2 aliphatic carbocycles. The van der Waals surface area contributed by atoms with Crippen LogP contribution < -0.4 is 20.1 Å². The maximum atomic E-state index is 12.8. The number of nitrogens with one attached hydrogen (secondary N) is 2. The van der Waals surface area contributed by atoms with Gasteiger partial charge in [0.1, 0.15) is 34.2 Å². The van der Waals surface area contributed by atoms with Gasteiger partial charge in [0.05, 0.1) is 54.7 Å². The molecule has 384 valence electrons. The molecule has 4 aromatic carbocycles. The fourth-order valence-electron chi connectivity index (χ4n) is 9.69. The van der Waals surface area contributed by atoms with E-state index < -0.39 is 5.97 Å². The van der Waals surface area contributed by atoms with Crippen LogP contribution in [-0.4, -0.2) is 86.7 Å². The van der Waals surface area contributed by atoms with Gasteiger partial charge in [-0.25, -0.2) is 0 Å². The lowest BCUT2D eigenvalue weighted by molar-refractivity contribution is -0.143. The summed E-state index contributed by atoms with van der Waals surface area (Å²) >= 11 is 7.59. The molecule has 2 fully saturated rings. The molecular formula is C56H66Br2N4O10. The van der Waals surface area contributed by atoms with Crippen LogP contribution in [0.5, 0.6) is 11.5 Å². The molecule has 8 rings (SSSR count). The number of nitrogens with zero attached hydrogens (tertiary/aromatic N) is 2. The number of carbonyl (C=O) groups excluding carboxylic acids is 3. The van der Waals surface area contributed by atoms with Crippen LogP contribution in [0.4, 0.5) is 11.4 Å². The van der Waals surface area contributed by atoms with Crippen molar-refractivity contribution in [1.82, 2.24) is 9.80 Å². The summed E-state index contributed by atoms with van der Waals surface area (Å²) in [7, 11) is 6.63. The molecular weight excluding hydrogens is 1050 g/mol. The molecule has 2 unspecified atom stereocenters. The van der Waals surface area contributed by atoms with E-state index >= 15 is 0 Å². The van der Waals surface area contributed by atoms with Gasteiger partial charge < -0.3 is 48.6 Å². The molecule has 0 saturated heterocycles. The number of benzene rings is 4. The Labute approximate surface area is 438 Å². The normalized spacial score (nSPS) is 14.9. The average Bonchev–Trinajstić information content (AvgIpc) is 3.92. The lowest BCUT2D eigenvalue weighted by Crippen LogP contribution is -2.29. The molecule has 0 bridgehead atoms. The number of carboxylic acid groups (broad SMARTS) is 1. The Hall–Kier alpha value is -6.00. The summed E-state index contributed by atoms with van der Waals surface area (Å²) in [4.78, 5) is 50.9. The smallest absolute Gasteiger partial charge is 0.307 e. The van der Waals surface area contributed by atoms with Crippen LogP contribution in [0.1, 0.15) is 128 Å². The fourth-order valence-corrected chi connectivity index (χ4v) is 11.0. The molecule has 2 aliphatic rings. The van der Waals surface area contributed by atoms with Crippen LogP contribution in [-0.2, 0) is 14.3 Å². The van der Waals surface area contributed by atoms with E-state index in [4.69, 9.17) is 28.2 Å². The second kappa shape index (κ2) is 25.6. The molecule has 16 heteroatoms. The van der Waals surface area contributed by atoms with Gasteiger partial charge in [0.25, 0.3) is 11.8 Å². The number of carbonyl (C=O) groups is 4. The minimum atomic E-state index is -0.923. The number of methoxy groups -OCH3 is 2. The summed E-state index contributed by atoms with van der Waals surface area (Å²) in [6.45, 7) is 2.59. The number of hydrogen-bond acceptors (Lipinski definition) is 11. The molecule has 14 nitrogen and oxygen atoms in total. The van der Waals surface area contributed by atoms with E-state index in [0.29, 0.717) is 36.1 Å². The molecule has 2 atom stereocenters. The lowest BCUT2D eigenvalue weighted by atomic mass is 9.82. The Morgan fingerprint density at radius 3 is 1.40 bits per heavy atom. The number of furan rings is 2. The highest BCUT2D eigenvalue weighted by molar-refractivity contribution is 9.11. The minimum Gasteiger partial charge on any atom is -0.497 e. The van der Waals surface area contributed by atoms with Crippen molar-refractivity contribution in [1.29, 1.82) is 0 Å². The van der Waals surface area contributed by atoms with Crippen molar-refractivity contribution in [3.05, 3.63) is 117 Å². The topological polar surface area (TPSA) is 173 Å². The minimum absolute atomic E-state index is 0.0122. The number of carboxylic acids is 1. The fraction of sp³-hybridized carbons (Fsp3) is 0.429. The number of fused-ring (bicyclic) bond motifs is 2. The molecule has 2 aromatic heterocycles. The van der Waals surface area contributed by atoms with Crippen molar-refractivity contribution in [3.8, 4) is 11.5 Å². The predicted molar refractivity (Wildman–Crippen MR) is 287 cm³/mol. The van der Waals surface area contributed by atoms with Gasteiger partial charge in [-0.3, -0.25) is 19.2 Å². The van der Waals surface area contributed by atoms with Crippen LogP contribution in [0.3, 0.4) is 0 Å². The number of rotatable bonds is 19. The number of esters is 1. The van der Waals surface area contributed by atoms with Crippen molar-refractivity contribution in [3.63, 3.8) is 0 Å². The summed E-state index contributed by atoms with van der Waals surface area (Å²) < 4.78 is 30.4. The van der Waals surface area contributed by atoms with Crippen molar-refractivity contribution in [2.45, 2.75) is 96.1 Å². The maximum Gasteiger partial charge on any atom is 0.307 e. The molecule has 0 radical (unpaired) electrons. The largest absolute Gasteiger partial charge is 0.497 e. The van der Waals surface area contributed by atoms with E-state index in [9.17, 15) is 19.2 Å². The predicted octanol–water partition coefficient (Wildman–Crippen LogP) is 13.4. The Balaban J connectivity index is 0.000000212. The highest BCUT2D eigenvalue weighted by atomic mass is 79.9. The third kappa shape index (κ3) is 13.5. The molecule has 2 saturated carbocycles. The van der Waals surface area contributed by atoms with Crippen LogP contribution in [0.2, 0.25) is 0 Å².